The second kappa shape index (κ2) is 4.60. The molecule has 84 valence electrons. The van der Waals surface area contributed by atoms with Gasteiger partial charge in [0, 0.05) is 15.7 Å². The Kier molecular flexibility index (Phi) is 3.87. The van der Waals surface area contributed by atoms with Gasteiger partial charge in [-0.3, -0.25) is 0 Å². The molecule has 1 rings (SSSR count). The highest BCUT2D eigenvalue weighted by Gasteiger charge is 2.20. The number of hydrogen-bond donors (Lipinski definition) is 0. The molecule has 1 aromatic rings. The van der Waals surface area contributed by atoms with Gasteiger partial charge < -0.3 is 4.74 Å². The van der Waals surface area contributed by atoms with Crippen molar-refractivity contribution in [2.24, 2.45) is 0 Å². The zero-order chi connectivity index (χ0) is 11.6. The average Bonchev–Trinajstić information content (AvgIpc) is 2.15. The van der Waals surface area contributed by atoms with E-state index in [2.05, 4.69) is 0 Å². The van der Waals surface area contributed by atoms with Gasteiger partial charge in [-0.25, -0.2) is 8.42 Å². The third-order valence-electron chi connectivity index (χ3n) is 1.94. The number of rotatable bonds is 3. The van der Waals surface area contributed by atoms with Crippen molar-refractivity contribution in [1.29, 1.82) is 0 Å². The van der Waals surface area contributed by atoms with Crippen LogP contribution in [0.15, 0.2) is 17.0 Å². The minimum absolute atomic E-state index is 0.0870. The molecule has 0 heterocycles. The number of methoxy groups -OCH3 is 1. The molecule has 0 aliphatic heterocycles. The normalized spacial score (nSPS) is 11.5. The van der Waals surface area contributed by atoms with Crippen LogP contribution in [0.5, 0.6) is 5.75 Å². The molecule has 0 aromatic heterocycles. The van der Waals surface area contributed by atoms with Gasteiger partial charge in [-0.1, -0.05) is 18.5 Å². The largest absolute Gasteiger partial charge is 0.495 e. The van der Waals surface area contributed by atoms with Gasteiger partial charge in [0.05, 0.1) is 7.11 Å². The van der Waals surface area contributed by atoms with Crippen LogP contribution in [0.1, 0.15) is 12.5 Å². The van der Waals surface area contributed by atoms with Crippen molar-refractivity contribution in [2.45, 2.75) is 18.2 Å². The molecule has 0 saturated carbocycles. The summed E-state index contributed by atoms with van der Waals surface area (Å²) in [6.45, 7) is 1.87. The molecule has 1 aromatic carbocycles. The number of halogens is 2. The second-order valence-corrected chi connectivity index (χ2v) is 5.86. The standard InChI is InChI=1S/C9H10Cl2O3S/c1-3-6-4-7(10)5-8(9(6)14-2)15(11,12)13/h4-5H,3H2,1-2H3. The first-order valence-electron chi connectivity index (χ1n) is 4.21. The minimum atomic E-state index is -3.84. The first-order chi connectivity index (χ1) is 6.90. The maximum absolute atomic E-state index is 11.3. The summed E-state index contributed by atoms with van der Waals surface area (Å²) in [7, 11) is 2.84. The number of hydrogen-bond acceptors (Lipinski definition) is 3. The Morgan fingerprint density at radius 1 is 1.40 bits per heavy atom. The number of ether oxygens (including phenoxy) is 1. The van der Waals surface area contributed by atoms with Gasteiger partial charge in [0.2, 0.25) is 0 Å². The van der Waals surface area contributed by atoms with Crippen LogP contribution < -0.4 is 4.74 Å². The van der Waals surface area contributed by atoms with Crippen LogP contribution in [0.25, 0.3) is 0 Å². The Morgan fingerprint density at radius 3 is 2.40 bits per heavy atom. The predicted molar refractivity (Wildman–Crippen MR) is 60.4 cm³/mol. The fraction of sp³-hybridized carbons (Fsp3) is 0.333. The zero-order valence-corrected chi connectivity index (χ0v) is 10.6. The van der Waals surface area contributed by atoms with Crippen molar-refractivity contribution < 1.29 is 13.2 Å². The lowest BCUT2D eigenvalue weighted by atomic mass is 10.1. The van der Waals surface area contributed by atoms with Crippen LogP contribution >= 0.6 is 22.3 Å². The Hall–Kier alpha value is -0.450. The van der Waals surface area contributed by atoms with Crippen molar-refractivity contribution in [2.75, 3.05) is 7.11 Å². The van der Waals surface area contributed by atoms with Gasteiger partial charge in [-0.2, -0.15) is 0 Å². The Morgan fingerprint density at radius 2 is 2.00 bits per heavy atom. The Labute approximate surface area is 98.4 Å². The van der Waals surface area contributed by atoms with Crippen molar-refractivity contribution in [3.05, 3.63) is 22.7 Å². The monoisotopic (exact) mass is 268 g/mol. The Bertz CT molecular complexity index is 468. The van der Waals surface area contributed by atoms with Crippen LogP contribution in [-0.4, -0.2) is 15.5 Å². The van der Waals surface area contributed by atoms with E-state index < -0.39 is 9.05 Å². The molecule has 0 bridgehead atoms. The van der Waals surface area contributed by atoms with E-state index >= 15 is 0 Å². The molecule has 0 atom stereocenters. The van der Waals surface area contributed by atoms with E-state index in [0.29, 0.717) is 17.0 Å². The minimum Gasteiger partial charge on any atom is -0.495 e. The van der Waals surface area contributed by atoms with E-state index in [1.54, 1.807) is 6.07 Å². The molecule has 0 N–H and O–H groups in total. The fourth-order valence-corrected chi connectivity index (χ4v) is 2.65. The van der Waals surface area contributed by atoms with Crippen LogP contribution in [-0.2, 0) is 15.5 Å². The summed E-state index contributed by atoms with van der Waals surface area (Å²) in [5, 5.41) is 0.326. The van der Waals surface area contributed by atoms with E-state index in [1.807, 2.05) is 6.92 Å². The van der Waals surface area contributed by atoms with Crippen LogP contribution in [0, 0.1) is 0 Å². The van der Waals surface area contributed by atoms with Crippen LogP contribution in [0.4, 0.5) is 0 Å². The lowest BCUT2D eigenvalue weighted by Gasteiger charge is -2.11. The van der Waals surface area contributed by atoms with E-state index in [1.165, 1.54) is 13.2 Å². The average molecular weight is 269 g/mol. The molecule has 0 amide bonds. The van der Waals surface area contributed by atoms with Gasteiger partial charge in [0.25, 0.3) is 9.05 Å². The third-order valence-corrected chi connectivity index (χ3v) is 3.49. The maximum atomic E-state index is 11.3. The van der Waals surface area contributed by atoms with Crippen molar-refractivity contribution in [3.63, 3.8) is 0 Å². The molecular weight excluding hydrogens is 259 g/mol. The fourth-order valence-electron chi connectivity index (χ4n) is 1.30. The van der Waals surface area contributed by atoms with Gasteiger partial charge in [-0.15, -0.1) is 0 Å². The first-order valence-corrected chi connectivity index (χ1v) is 6.90. The molecule has 6 heteroatoms. The van der Waals surface area contributed by atoms with E-state index in [-0.39, 0.29) is 10.6 Å². The van der Waals surface area contributed by atoms with Gasteiger partial charge >= 0.3 is 0 Å². The van der Waals surface area contributed by atoms with Crippen molar-refractivity contribution in [3.8, 4) is 5.75 Å². The Balaban J connectivity index is 3.57. The molecule has 0 fully saturated rings. The van der Waals surface area contributed by atoms with E-state index in [4.69, 9.17) is 27.0 Å². The maximum Gasteiger partial charge on any atom is 0.265 e. The highest BCUT2D eigenvalue weighted by atomic mass is 35.7. The van der Waals surface area contributed by atoms with E-state index in [9.17, 15) is 8.42 Å². The zero-order valence-electron chi connectivity index (χ0n) is 8.25. The predicted octanol–water partition coefficient (Wildman–Crippen LogP) is 2.84. The molecular formula is C9H10Cl2O3S. The summed E-state index contributed by atoms with van der Waals surface area (Å²) in [4.78, 5) is -0.0870. The molecule has 0 saturated heterocycles. The molecule has 0 spiro atoms. The highest BCUT2D eigenvalue weighted by molar-refractivity contribution is 8.13. The van der Waals surface area contributed by atoms with Gasteiger partial charge in [0.1, 0.15) is 10.6 Å². The molecule has 15 heavy (non-hydrogen) atoms. The third kappa shape index (κ3) is 2.77. The summed E-state index contributed by atoms with van der Waals surface area (Å²) in [6.07, 6.45) is 0.614. The lowest BCUT2D eigenvalue weighted by molar-refractivity contribution is 0.398. The smallest absolute Gasteiger partial charge is 0.265 e. The summed E-state index contributed by atoms with van der Waals surface area (Å²) >= 11 is 5.79. The van der Waals surface area contributed by atoms with Gasteiger partial charge in [-0.05, 0) is 24.1 Å². The quantitative estimate of drug-likeness (QED) is 0.792. The number of aryl methyl sites for hydroxylation is 1. The molecule has 3 nitrogen and oxygen atoms in total. The van der Waals surface area contributed by atoms with Crippen molar-refractivity contribution >= 4 is 31.3 Å². The first kappa shape index (κ1) is 12.6. The molecule has 0 radical (unpaired) electrons. The van der Waals surface area contributed by atoms with E-state index in [0.717, 1.165) is 0 Å². The number of benzene rings is 1. The van der Waals surface area contributed by atoms with Crippen LogP contribution in [0.2, 0.25) is 5.02 Å². The lowest BCUT2D eigenvalue weighted by Crippen LogP contribution is -2.00. The second-order valence-electron chi connectivity index (χ2n) is 2.89. The SMILES string of the molecule is CCc1cc(Cl)cc(S(=O)(=O)Cl)c1OC. The van der Waals surface area contributed by atoms with Gasteiger partial charge in [0.15, 0.2) is 0 Å². The molecule has 0 unspecified atom stereocenters. The molecule has 0 aliphatic rings. The summed E-state index contributed by atoms with van der Waals surface area (Å²) in [5.74, 6) is 0.261. The summed E-state index contributed by atoms with van der Waals surface area (Å²) in [6, 6.07) is 2.94. The molecule has 0 aliphatic carbocycles. The van der Waals surface area contributed by atoms with Crippen LogP contribution in [0.3, 0.4) is 0 Å². The van der Waals surface area contributed by atoms with Crippen molar-refractivity contribution in [1.82, 2.24) is 0 Å². The summed E-state index contributed by atoms with van der Waals surface area (Å²) in [5.41, 5.74) is 0.712. The topological polar surface area (TPSA) is 43.4 Å². The highest BCUT2D eigenvalue weighted by Crippen LogP contribution is 2.33. The summed E-state index contributed by atoms with van der Waals surface area (Å²) < 4.78 is 27.5.